The molecule has 0 saturated carbocycles. The van der Waals surface area contributed by atoms with E-state index in [1.165, 1.54) is 18.2 Å². The maximum atomic E-state index is 13.6. The Bertz CT molecular complexity index is 707. The summed E-state index contributed by atoms with van der Waals surface area (Å²) < 4.78 is 26.5. The average Bonchev–Trinajstić information content (AvgIpc) is 2.44. The fourth-order valence-corrected chi connectivity index (χ4v) is 1.65. The number of hydrogen-bond donors (Lipinski definition) is 2. The van der Waals surface area contributed by atoms with Crippen molar-refractivity contribution >= 4 is 17.3 Å². The molecule has 8 heteroatoms. The number of carbonyl (C=O) groups is 1. The predicted molar refractivity (Wildman–Crippen MR) is 70.5 cm³/mol. The lowest BCUT2D eigenvalue weighted by molar-refractivity contribution is -0.385. The summed E-state index contributed by atoms with van der Waals surface area (Å²) >= 11 is 0. The van der Waals surface area contributed by atoms with Crippen LogP contribution in [0.4, 0.5) is 20.2 Å². The second kappa shape index (κ2) is 5.95. The van der Waals surface area contributed by atoms with Gasteiger partial charge < -0.3 is 0 Å². The van der Waals surface area contributed by atoms with E-state index in [1.54, 1.807) is 0 Å². The van der Waals surface area contributed by atoms with Crippen LogP contribution in [-0.2, 0) is 0 Å². The van der Waals surface area contributed by atoms with Crippen molar-refractivity contribution in [3.63, 3.8) is 0 Å². The van der Waals surface area contributed by atoms with Gasteiger partial charge in [0.25, 0.3) is 11.6 Å². The van der Waals surface area contributed by atoms with Crippen molar-refractivity contribution < 1.29 is 18.5 Å². The van der Waals surface area contributed by atoms with Crippen LogP contribution in [0.25, 0.3) is 0 Å². The molecule has 0 unspecified atom stereocenters. The van der Waals surface area contributed by atoms with Crippen molar-refractivity contribution in [2.45, 2.75) is 0 Å². The molecule has 0 aromatic heterocycles. The van der Waals surface area contributed by atoms with Crippen molar-refractivity contribution in [1.82, 2.24) is 5.43 Å². The van der Waals surface area contributed by atoms with E-state index >= 15 is 0 Å². The van der Waals surface area contributed by atoms with Gasteiger partial charge in [-0.25, -0.2) is 8.78 Å². The number of amides is 1. The lowest BCUT2D eigenvalue weighted by Gasteiger charge is -2.09. The van der Waals surface area contributed by atoms with E-state index in [0.717, 1.165) is 24.3 Å². The summed E-state index contributed by atoms with van der Waals surface area (Å²) in [6, 6.07) is 8.23. The Morgan fingerprint density at radius 1 is 1.14 bits per heavy atom. The predicted octanol–water partition coefficient (Wildman–Crippen LogP) is 2.63. The van der Waals surface area contributed by atoms with Gasteiger partial charge in [0.05, 0.1) is 10.6 Å². The molecule has 0 atom stereocenters. The Morgan fingerprint density at radius 3 is 2.52 bits per heavy atom. The van der Waals surface area contributed by atoms with E-state index in [9.17, 15) is 23.7 Å². The van der Waals surface area contributed by atoms with E-state index < -0.39 is 33.7 Å². The Morgan fingerprint density at radius 2 is 1.86 bits per heavy atom. The SMILES string of the molecule is O=C(NNc1cccc(F)c1)c1c(F)cccc1[N+](=O)[O-]. The molecular formula is C13H9F2N3O3. The zero-order valence-electron chi connectivity index (χ0n) is 10.5. The third-order valence-corrected chi connectivity index (χ3v) is 2.56. The number of halogens is 2. The first-order chi connectivity index (χ1) is 9.99. The zero-order chi connectivity index (χ0) is 15.4. The average molecular weight is 293 g/mol. The summed E-state index contributed by atoms with van der Waals surface area (Å²) in [6.07, 6.45) is 0. The number of benzene rings is 2. The molecule has 0 bridgehead atoms. The van der Waals surface area contributed by atoms with Crippen LogP contribution in [0.5, 0.6) is 0 Å². The summed E-state index contributed by atoms with van der Waals surface area (Å²) in [5, 5.41) is 10.8. The fourth-order valence-electron chi connectivity index (χ4n) is 1.65. The molecule has 0 aliphatic rings. The molecule has 1 amide bonds. The monoisotopic (exact) mass is 293 g/mol. The first-order valence-corrected chi connectivity index (χ1v) is 5.74. The molecule has 2 aromatic carbocycles. The molecule has 2 aromatic rings. The van der Waals surface area contributed by atoms with E-state index in [0.29, 0.717) is 0 Å². The van der Waals surface area contributed by atoms with Gasteiger partial charge in [0.15, 0.2) is 5.56 Å². The van der Waals surface area contributed by atoms with Crippen molar-refractivity contribution in [3.05, 3.63) is 69.8 Å². The van der Waals surface area contributed by atoms with Gasteiger partial charge in [0, 0.05) is 6.07 Å². The second-order valence-corrected chi connectivity index (χ2v) is 3.98. The maximum Gasteiger partial charge on any atom is 0.285 e. The van der Waals surface area contributed by atoms with Gasteiger partial charge in [-0.05, 0) is 24.3 Å². The van der Waals surface area contributed by atoms with Crippen molar-refractivity contribution in [3.8, 4) is 0 Å². The molecule has 21 heavy (non-hydrogen) atoms. The highest BCUT2D eigenvalue weighted by Gasteiger charge is 2.24. The summed E-state index contributed by atoms with van der Waals surface area (Å²) in [5.41, 5.74) is 3.28. The number of rotatable bonds is 4. The fraction of sp³-hybridized carbons (Fsp3) is 0. The van der Waals surface area contributed by atoms with Gasteiger partial charge in [0.1, 0.15) is 11.6 Å². The van der Waals surface area contributed by atoms with Crippen molar-refractivity contribution in [2.75, 3.05) is 5.43 Å². The number of anilines is 1. The number of hydrogen-bond acceptors (Lipinski definition) is 4. The van der Waals surface area contributed by atoms with Crippen LogP contribution in [0.1, 0.15) is 10.4 Å². The largest absolute Gasteiger partial charge is 0.298 e. The van der Waals surface area contributed by atoms with E-state index in [-0.39, 0.29) is 5.69 Å². The summed E-state index contributed by atoms with van der Waals surface area (Å²) in [4.78, 5) is 21.8. The molecule has 6 nitrogen and oxygen atoms in total. The van der Waals surface area contributed by atoms with E-state index in [1.807, 2.05) is 0 Å². The molecule has 0 spiro atoms. The minimum atomic E-state index is -1.04. The van der Waals surface area contributed by atoms with Gasteiger partial charge >= 0.3 is 0 Å². The van der Waals surface area contributed by atoms with Crippen LogP contribution in [0.15, 0.2) is 42.5 Å². The number of nitrogens with zero attached hydrogens (tertiary/aromatic N) is 1. The molecule has 2 N–H and O–H groups in total. The van der Waals surface area contributed by atoms with E-state index in [4.69, 9.17) is 0 Å². The lowest BCUT2D eigenvalue weighted by atomic mass is 10.1. The highest BCUT2D eigenvalue weighted by Crippen LogP contribution is 2.21. The van der Waals surface area contributed by atoms with Gasteiger partial charge in [-0.2, -0.15) is 0 Å². The van der Waals surface area contributed by atoms with Crippen molar-refractivity contribution in [1.29, 1.82) is 0 Å². The summed E-state index contributed by atoms with van der Waals surface area (Å²) in [7, 11) is 0. The minimum Gasteiger partial charge on any atom is -0.298 e. The Balaban J connectivity index is 2.19. The second-order valence-electron chi connectivity index (χ2n) is 3.98. The molecule has 0 fully saturated rings. The van der Waals surface area contributed by atoms with Gasteiger partial charge in [-0.15, -0.1) is 0 Å². The molecule has 108 valence electrons. The third-order valence-electron chi connectivity index (χ3n) is 2.56. The van der Waals surface area contributed by atoms with Gasteiger partial charge in [-0.3, -0.25) is 25.8 Å². The first kappa shape index (κ1) is 14.4. The maximum absolute atomic E-state index is 13.6. The Labute approximate surface area is 117 Å². The first-order valence-electron chi connectivity index (χ1n) is 5.74. The molecule has 0 aliphatic heterocycles. The number of nitro benzene ring substituents is 1. The quantitative estimate of drug-likeness (QED) is 0.670. The van der Waals surface area contributed by atoms with Crippen LogP contribution in [-0.4, -0.2) is 10.8 Å². The number of carbonyl (C=O) groups excluding carboxylic acids is 1. The number of hydrazine groups is 1. The molecule has 0 saturated heterocycles. The Hall–Kier alpha value is -3.03. The molecule has 2 rings (SSSR count). The highest BCUT2D eigenvalue weighted by molar-refractivity contribution is 5.98. The highest BCUT2D eigenvalue weighted by atomic mass is 19.1. The Kier molecular flexibility index (Phi) is 4.07. The number of nitrogens with one attached hydrogen (secondary N) is 2. The topological polar surface area (TPSA) is 84.3 Å². The normalized spacial score (nSPS) is 10.0. The van der Waals surface area contributed by atoms with Crippen LogP contribution < -0.4 is 10.9 Å². The summed E-state index contributed by atoms with van der Waals surface area (Å²) in [6.45, 7) is 0. The molecule has 0 aliphatic carbocycles. The van der Waals surface area contributed by atoms with Crippen molar-refractivity contribution in [2.24, 2.45) is 0 Å². The van der Waals surface area contributed by atoms with Gasteiger partial charge in [-0.1, -0.05) is 12.1 Å². The standard InChI is InChI=1S/C13H9F2N3O3/c14-8-3-1-4-9(7-8)16-17-13(19)12-10(15)5-2-6-11(12)18(20)21/h1-7,16H,(H,17,19). The van der Waals surface area contributed by atoms with Crippen LogP contribution in [0.3, 0.4) is 0 Å². The molecular weight excluding hydrogens is 284 g/mol. The number of nitro groups is 1. The van der Waals surface area contributed by atoms with Gasteiger partial charge in [0.2, 0.25) is 0 Å². The van der Waals surface area contributed by atoms with Crippen LogP contribution >= 0.6 is 0 Å². The smallest absolute Gasteiger partial charge is 0.285 e. The zero-order valence-corrected chi connectivity index (χ0v) is 10.5. The van der Waals surface area contributed by atoms with Crippen LogP contribution in [0, 0.1) is 21.7 Å². The van der Waals surface area contributed by atoms with Crippen LogP contribution in [0.2, 0.25) is 0 Å². The minimum absolute atomic E-state index is 0.211. The molecule has 0 radical (unpaired) electrons. The summed E-state index contributed by atoms with van der Waals surface area (Å²) in [5.74, 6) is -2.60. The molecule has 0 heterocycles. The van der Waals surface area contributed by atoms with E-state index in [2.05, 4.69) is 10.9 Å². The third kappa shape index (κ3) is 3.30. The lowest BCUT2D eigenvalue weighted by Crippen LogP contribution is -2.30.